The van der Waals surface area contributed by atoms with Crippen LogP contribution >= 0.6 is 15.9 Å². The van der Waals surface area contributed by atoms with Crippen molar-refractivity contribution < 1.29 is 0 Å². The molecule has 104 valence electrons. The maximum Gasteiger partial charge on any atom is 0.146 e. The van der Waals surface area contributed by atoms with Gasteiger partial charge < -0.3 is 0 Å². The van der Waals surface area contributed by atoms with Gasteiger partial charge in [0.25, 0.3) is 0 Å². The van der Waals surface area contributed by atoms with E-state index in [0.717, 1.165) is 21.2 Å². The van der Waals surface area contributed by atoms with Gasteiger partial charge in [-0.2, -0.15) is 0 Å². The van der Waals surface area contributed by atoms with E-state index in [1.165, 1.54) is 21.7 Å². The summed E-state index contributed by atoms with van der Waals surface area (Å²) in [5.41, 5.74) is 4.37. The summed E-state index contributed by atoms with van der Waals surface area (Å²) in [6, 6.07) is 23.1. The number of fused-ring (bicyclic) bond motifs is 8. The van der Waals surface area contributed by atoms with Crippen LogP contribution in [0.25, 0.3) is 38.4 Å². The van der Waals surface area contributed by atoms with E-state index in [9.17, 15) is 0 Å². The molecule has 0 aliphatic heterocycles. The van der Waals surface area contributed by atoms with E-state index in [2.05, 4.69) is 81.0 Å². The van der Waals surface area contributed by atoms with Gasteiger partial charge in [-0.1, -0.05) is 58.4 Å². The van der Waals surface area contributed by atoms with Crippen molar-refractivity contribution in [1.29, 1.82) is 0 Å². The SMILES string of the molecule is Brc1cccc2c1c1ccccc1n1c3ccccc3nc21. The normalized spacial score (nSPS) is 11.9. The molecule has 0 saturated heterocycles. The van der Waals surface area contributed by atoms with Crippen molar-refractivity contribution in [3.63, 3.8) is 0 Å². The molecule has 2 nitrogen and oxygen atoms in total. The van der Waals surface area contributed by atoms with Crippen molar-refractivity contribution in [3.05, 3.63) is 71.2 Å². The number of rotatable bonds is 0. The van der Waals surface area contributed by atoms with Gasteiger partial charge in [0.2, 0.25) is 0 Å². The summed E-state index contributed by atoms with van der Waals surface area (Å²) in [7, 11) is 0. The highest BCUT2D eigenvalue weighted by Gasteiger charge is 2.14. The standard InChI is InChI=1S/C19H11BrN2/c20-14-8-5-7-13-18(14)12-6-1-3-10-16(12)22-17-11-4-2-9-15(17)21-19(13)22/h1-11H. The molecule has 0 N–H and O–H groups in total. The molecule has 0 spiro atoms. The van der Waals surface area contributed by atoms with Crippen LogP contribution in [0.4, 0.5) is 0 Å². The van der Waals surface area contributed by atoms with E-state index in [-0.39, 0.29) is 0 Å². The molecule has 2 aromatic heterocycles. The first-order valence-corrected chi connectivity index (χ1v) is 8.00. The predicted octanol–water partition coefficient (Wildman–Crippen LogP) is 5.56. The molecule has 0 atom stereocenters. The number of benzene rings is 3. The van der Waals surface area contributed by atoms with Gasteiger partial charge in [0, 0.05) is 20.6 Å². The Hall–Kier alpha value is -2.39. The summed E-state index contributed by atoms with van der Waals surface area (Å²) in [4.78, 5) is 4.88. The molecule has 3 aromatic carbocycles. The van der Waals surface area contributed by atoms with E-state index in [1.807, 2.05) is 6.07 Å². The number of hydrogen-bond donors (Lipinski definition) is 0. The third-order valence-corrected chi connectivity index (χ3v) is 4.89. The molecule has 0 amide bonds. The van der Waals surface area contributed by atoms with Gasteiger partial charge in [0.1, 0.15) is 5.65 Å². The van der Waals surface area contributed by atoms with Crippen molar-refractivity contribution in [1.82, 2.24) is 9.38 Å². The molecular formula is C19H11BrN2. The Balaban J connectivity index is 2.26. The van der Waals surface area contributed by atoms with Crippen LogP contribution < -0.4 is 0 Å². The minimum atomic E-state index is 1.01. The molecule has 5 aromatic rings. The Kier molecular flexibility index (Phi) is 2.38. The molecule has 2 heterocycles. The van der Waals surface area contributed by atoms with Crippen LogP contribution in [0.1, 0.15) is 0 Å². The minimum absolute atomic E-state index is 1.01. The van der Waals surface area contributed by atoms with Crippen molar-refractivity contribution in [2.75, 3.05) is 0 Å². The predicted molar refractivity (Wildman–Crippen MR) is 95.4 cm³/mol. The lowest BCUT2D eigenvalue weighted by Gasteiger charge is -2.10. The summed E-state index contributed by atoms with van der Waals surface area (Å²) in [5.74, 6) is 0. The van der Waals surface area contributed by atoms with E-state index in [0.29, 0.717) is 0 Å². The molecule has 5 rings (SSSR count). The van der Waals surface area contributed by atoms with Gasteiger partial charge in [-0.05, 0) is 24.3 Å². The van der Waals surface area contributed by atoms with Crippen LogP contribution in [0, 0.1) is 0 Å². The molecule has 0 aliphatic carbocycles. The number of para-hydroxylation sites is 3. The summed E-state index contributed by atoms with van der Waals surface area (Å²) in [5, 5.41) is 3.63. The number of imidazole rings is 1. The first-order valence-electron chi connectivity index (χ1n) is 7.21. The van der Waals surface area contributed by atoms with Crippen molar-refractivity contribution in [2.24, 2.45) is 0 Å². The van der Waals surface area contributed by atoms with Gasteiger partial charge in [0.15, 0.2) is 0 Å². The Morgan fingerprint density at radius 2 is 1.45 bits per heavy atom. The summed E-state index contributed by atoms with van der Waals surface area (Å²) in [6.07, 6.45) is 0. The lowest BCUT2D eigenvalue weighted by molar-refractivity contribution is 1.31. The number of halogens is 1. The van der Waals surface area contributed by atoms with Gasteiger partial charge >= 0.3 is 0 Å². The van der Waals surface area contributed by atoms with Crippen LogP contribution in [0.5, 0.6) is 0 Å². The zero-order valence-electron chi connectivity index (χ0n) is 11.6. The highest BCUT2D eigenvalue weighted by Crippen LogP contribution is 2.35. The van der Waals surface area contributed by atoms with Crippen LogP contribution in [0.3, 0.4) is 0 Å². The highest BCUT2D eigenvalue weighted by atomic mass is 79.9. The summed E-state index contributed by atoms with van der Waals surface area (Å²) in [6.45, 7) is 0. The molecular weight excluding hydrogens is 336 g/mol. The summed E-state index contributed by atoms with van der Waals surface area (Å²) >= 11 is 3.71. The minimum Gasteiger partial charge on any atom is -0.292 e. The second kappa shape index (κ2) is 4.31. The average Bonchev–Trinajstić information content (AvgIpc) is 2.95. The number of hydrogen-bond acceptors (Lipinski definition) is 1. The maximum absolute atomic E-state index is 4.88. The van der Waals surface area contributed by atoms with E-state index >= 15 is 0 Å². The van der Waals surface area contributed by atoms with Gasteiger partial charge in [-0.25, -0.2) is 4.98 Å². The third kappa shape index (κ3) is 1.46. The van der Waals surface area contributed by atoms with Crippen LogP contribution in [-0.2, 0) is 0 Å². The van der Waals surface area contributed by atoms with Crippen molar-refractivity contribution in [2.45, 2.75) is 0 Å². The smallest absolute Gasteiger partial charge is 0.146 e. The monoisotopic (exact) mass is 346 g/mol. The highest BCUT2D eigenvalue weighted by molar-refractivity contribution is 9.10. The fraction of sp³-hybridized carbons (Fsp3) is 0. The number of nitrogens with zero attached hydrogens (tertiary/aromatic N) is 2. The summed E-state index contributed by atoms with van der Waals surface area (Å²) < 4.78 is 3.37. The van der Waals surface area contributed by atoms with Crippen LogP contribution in [-0.4, -0.2) is 9.38 Å². The fourth-order valence-corrected chi connectivity index (χ4v) is 3.89. The lowest BCUT2D eigenvalue weighted by atomic mass is 10.1. The molecule has 22 heavy (non-hydrogen) atoms. The topological polar surface area (TPSA) is 17.3 Å². The molecule has 0 fully saturated rings. The third-order valence-electron chi connectivity index (χ3n) is 4.23. The van der Waals surface area contributed by atoms with Gasteiger partial charge in [-0.15, -0.1) is 0 Å². The van der Waals surface area contributed by atoms with Gasteiger partial charge in [-0.3, -0.25) is 4.40 Å². The Morgan fingerprint density at radius 3 is 2.36 bits per heavy atom. The first-order chi connectivity index (χ1) is 10.8. The molecule has 0 bridgehead atoms. The Labute approximate surface area is 135 Å². The Bertz CT molecular complexity index is 1190. The van der Waals surface area contributed by atoms with E-state index in [4.69, 9.17) is 4.98 Å². The van der Waals surface area contributed by atoms with Gasteiger partial charge in [0.05, 0.1) is 16.6 Å². The average molecular weight is 347 g/mol. The largest absolute Gasteiger partial charge is 0.292 e. The maximum atomic E-state index is 4.88. The molecule has 0 aliphatic rings. The Morgan fingerprint density at radius 1 is 0.727 bits per heavy atom. The van der Waals surface area contributed by atoms with E-state index in [1.54, 1.807) is 0 Å². The molecule has 0 unspecified atom stereocenters. The first kappa shape index (κ1) is 12.2. The fourth-order valence-electron chi connectivity index (χ4n) is 3.31. The van der Waals surface area contributed by atoms with Crippen molar-refractivity contribution in [3.8, 4) is 0 Å². The second-order valence-corrected chi connectivity index (χ2v) is 6.29. The van der Waals surface area contributed by atoms with E-state index < -0.39 is 0 Å². The quantitative estimate of drug-likeness (QED) is 0.335. The zero-order chi connectivity index (χ0) is 14.7. The van der Waals surface area contributed by atoms with Crippen LogP contribution in [0.15, 0.2) is 71.2 Å². The van der Waals surface area contributed by atoms with Crippen molar-refractivity contribution >= 4 is 54.3 Å². The molecule has 3 heteroatoms. The zero-order valence-corrected chi connectivity index (χ0v) is 13.2. The molecule has 0 radical (unpaired) electrons. The number of aromatic nitrogens is 2. The number of pyridine rings is 1. The second-order valence-electron chi connectivity index (χ2n) is 5.44. The molecule has 0 saturated carbocycles. The lowest BCUT2D eigenvalue weighted by Crippen LogP contribution is -1.91. The van der Waals surface area contributed by atoms with Crippen LogP contribution in [0.2, 0.25) is 0 Å².